The molecule has 0 saturated heterocycles. The van der Waals surface area contributed by atoms with E-state index in [0.29, 0.717) is 19.4 Å². The molecule has 0 aromatic rings. The lowest BCUT2D eigenvalue weighted by molar-refractivity contribution is -0.145. The first kappa shape index (κ1) is 33.5. The fourth-order valence-corrected chi connectivity index (χ4v) is 3.16. The lowest BCUT2D eigenvalue weighted by Crippen LogP contribution is -2.58. The summed E-state index contributed by atoms with van der Waals surface area (Å²) in [4.78, 5) is 64.6. The highest BCUT2D eigenvalue weighted by Crippen LogP contribution is 2.07. The number of carbonyl (C=O) groups excluding carboxylic acids is 4. The van der Waals surface area contributed by atoms with E-state index >= 15 is 0 Å². The topological polar surface area (TPSA) is 304 Å². The van der Waals surface area contributed by atoms with Crippen molar-refractivity contribution in [2.45, 2.75) is 82.1 Å². The van der Waals surface area contributed by atoms with Crippen molar-refractivity contribution in [3.8, 4) is 0 Å². The van der Waals surface area contributed by atoms with Crippen molar-refractivity contribution in [2.75, 3.05) is 13.1 Å². The molecule has 212 valence electrons. The molecule has 5 unspecified atom stereocenters. The van der Waals surface area contributed by atoms with Crippen LogP contribution in [0.5, 0.6) is 0 Å². The Balaban J connectivity index is 5.62. The zero-order chi connectivity index (χ0) is 28.5. The number of carboxylic acid groups (broad SMARTS) is 1. The number of aliphatic hydroxyl groups excluding tert-OH is 1. The molecule has 0 saturated carbocycles. The molecule has 0 aromatic heterocycles. The van der Waals surface area contributed by atoms with E-state index in [0.717, 1.165) is 0 Å². The number of carboxylic acids is 1. The van der Waals surface area contributed by atoms with Crippen molar-refractivity contribution < 1.29 is 34.2 Å². The molecular formula is C21H41N9O7. The second-order valence-electron chi connectivity index (χ2n) is 8.53. The summed E-state index contributed by atoms with van der Waals surface area (Å²) in [5.74, 6) is -4.55. The van der Waals surface area contributed by atoms with E-state index in [-0.39, 0.29) is 44.6 Å². The molecule has 4 amide bonds. The van der Waals surface area contributed by atoms with Gasteiger partial charge in [0.05, 0.1) is 12.1 Å². The molecule has 0 heterocycles. The number of nitrogens with two attached hydrogens (primary N) is 5. The van der Waals surface area contributed by atoms with E-state index in [1.807, 2.05) is 0 Å². The van der Waals surface area contributed by atoms with Gasteiger partial charge >= 0.3 is 5.97 Å². The van der Waals surface area contributed by atoms with E-state index in [4.69, 9.17) is 28.7 Å². The van der Waals surface area contributed by atoms with Crippen molar-refractivity contribution in [1.29, 1.82) is 0 Å². The molecule has 0 rings (SSSR count). The molecule has 16 nitrogen and oxygen atoms in total. The van der Waals surface area contributed by atoms with Crippen molar-refractivity contribution in [1.82, 2.24) is 16.0 Å². The quantitative estimate of drug-likeness (QED) is 0.0431. The first-order valence-electron chi connectivity index (χ1n) is 11.9. The first-order chi connectivity index (χ1) is 17.3. The van der Waals surface area contributed by atoms with Crippen LogP contribution in [0.2, 0.25) is 0 Å². The van der Waals surface area contributed by atoms with Crippen molar-refractivity contribution in [3.05, 3.63) is 0 Å². The summed E-state index contributed by atoms with van der Waals surface area (Å²) in [6.45, 7) is 1.67. The van der Waals surface area contributed by atoms with Crippen LogP contribution < -0.4 is 44.6 Å². The largest absolute Gasteiger partial charge is 0.480 e. The van der Waals surface area contributed by atoms with Crippen LogP contribution in [0, 0.1) is 0 Å². The van der Waals surface area contributed by atoms with Crippen LogP contribution >= 0.6 is 0 Å². The third-order valence-electron chi connectivity index (χ3n) is 5.24. The summed E-state index contributed by atoms with van der Waals surface area (Å²) in [6, 6.07) is -5.05. The summed E-state index contributed by atoms with van der Waals surface area (Å²) in [5, 5.41) is 26.2. The number of hydrogen-bond acceptors (Lipinski definition) is 9. The summed E-state index contributed by atoms with van der Waals surface area (Å²) in [5.41, 5.74) is 27.0. The molecule has 16 heteroatoms. The Bertz CT molecular complexity index is 803. The average Bonchev–Trinajstić information content (AvgIpc) is 2.81. The van der Waals surface area contributed by atoms with Gasteiger partial charge in [-0.25, -0.2) is 4.79 Å². The maximum atomic E-state index is 13.1. The van der Waals surface area contributed by atoms with Crippen molar-refractivity contribution >= 4 is 35.6 Å². The number of aliphatic carboxylic acids is 1. The molecule has 15 N–H and O–H groups in total. The van der Waals surface area contributed by atoms with Gasteiger partial charge in [0, 0.05) is 13.0 Å². The highest BCUT2D eigenvalue weighted by Gasteiger charge is 2.31. The van der Waals surface area contributed by atoms with Crippen LogP contribution in [0.4, 0.5) is 0 Å². The fraction of sp³-hybridized carbons (Fsp3) is 0.714. The highest BCUT2D eigenvalue weighted by atomic mass is 16.4. The number of aliphatic imine (C=N–C) groups is 1. The monoisotopic (exact) mass is 531 g/mol. The third-order valence-corrected chi connectivity index (χ3v) is 5.24. The van der Waals surface area contributed by atoms with Gasteiger partial charge in [0.1, 0.15) is 12.1 Å². The Labute approximate surface area is 215 Å². The SMILES string of the molecule is CC(O)C(NC(=O)C(CCCN=C(N)N)NC(=O)C(CCCCN)NC(=O)C(N)CCC(N)=O)C(=O)O. The lowest BCUT2D eigenvalue weighted by Gasteiger charge is -2.26. The van der Waals surface area contributed by atoms with E-state index in [9.17, 15) is 34.2 Å². The Morgan fingerprint density at radius 2 is 1.38 bits per heavy atom. The van der Waals surface area contributed by atoms with Crippen LogP contribution in [0.15, 0.2) is 4.99 Å². The summed E-state index contributed by atoms with van der Waals surface area (Å²) in [6.07, 6.45) is -0.0997. The van der Waals surface area contributed by atoms with Gasteiger partial charge in [-0.15, -0.1) is 0 Å². The summed E-state index contributed by atoms with van der Waals surface area (Å²) < 4.78 is 0. The van der Waals surface area contributed by atoms with Crippen molar-refractivity contribution in [3.63, 3.8) is 0 Å². The minimum atomic E-state index is -1.62. The van der Waals surface area contributed by atoms with Crippen molar-refractivity contribution in [2.24, 2.45) is 33.7 Å². The second kappa shape index (κ2) is 17.9. The van der Waals surface area contributed by atoms with Gasteiger partial charge in [0.2, 0.25) is 23.6 Å². The summed E-state index contributed by atoms with van der Waals surface area (Å²) >= 11 is 0. The molecule has 0 spiro atoms. The molecule has 37 heavy (non-hydrogen) atoms. The standard InChI is InChI=1S/C21H41N9O7/c1-11(31)16(20(36)37)30-19(35)14(6-4-10-27-21(25)26)29-18(34)13(5-2-3-9-22)28-17(33)12(23)7-8-15(24)32/h11-14,16,31H,2-10,22-23H2,1H3,(H2,24,32)(H,28,33)(H,29,34)(H,30,35)(H,36,37)(H4,25,26,27). The highest BCUT2D eigenvalue weighted by molar-refractivity contribution is 5.94. The summed E-state index contributed by atoms with van der Waals surface area (Å²) in [7, 11) is 0. The van der Waals surface area contributed by atoms with Crippen LogP contribution in [-0.2, 0) is 24.0 Å². The normalized spacial score (nSPS) is 14.8. The molecular weight excluding hydrogens is 490 g/mol. The average molecular weight is 532 g/mol. The molecule has 0 radical (unpaired) electrons. The number of aliphatic hydroxyl groups is 1. The lowest BCUT2D eigenvalue weighted by atomic mass is 10.0. The third kappa shape index (κ3) is 14.6. The van der Waals surface area contributed by atoms with Crippen LogP contribution in [0.3, 0.4) is 0 Å². The number of guanidine groups is 1. The van der Waals surface area contributed by atoms with E-state index in [2.05, 4.69) is 20.9 Å². The Morgan fingerprint density at radius 3 is 1.86 bits per heavy atom. The van der Waals surface area contributed by atoms with Crippen LogP contribution in [0.1, 0.15) is 51.9 Å². The molecule has 0 aliphatic rings. The van der Waals surface area contributed by atoms with Gasteiger partial charge in [-0.1, -0.05) is 0 Å². The minimum absolute atomic E-state index is 0.0160. The van der Waals surface area contributed by atoms with Gasteiger partial charge in [-0.3, -0.25) is 24.2 Å². The minimum Gasteiger partial charge on any atom is -0.480 e. The van der Waals surface area contributed by atoms with Gasteiger partial charge in [0.15, 0.2) is 12.0 Å². The predicted molar refractivity (Wildman–Crippen MR) is 134 cm³/mol. The molecule has 5 atom stereocenters. The van der Waals surface area contributed by atoms with Gasteiger partial charge in [0.25, 0.3) is 0 Å². The zero-order valence-electron chi connectivity index (χ0n) is 21.0. The zero-order valence-corrected chi connectivity index (χ0v) is 21.0. The predicted octanol–water partition coefficient (Wildman–Crippen LogP) is -4.32. The second-order valence-corrected chi connectivity index (χ2v) is 8.53. The maximum absolute atomic E-state index is 13.1. The molecule has 0 bridgehead atoms. The molecule has 0 fully saturated rings. The molecule has 0 aliphatic carbocycles. The first-order valence-corrected chi connectivity index (χ1v) is 11.9. The van der Waals surface area contributed by atoms with Gasteiger partial charge in [-0.2, -0.15) is 0 Å². The molecule has 0 aromatic carbocycles. The molecule has 0 aliphatic heterocycles. The fourth-order valence-electron chi connectivity index (χ4n) is 3.16. The van der Waals surface area contributed by atoms with E-state index < -0.39 is 59.9 Å². The number of amides is 4. The maximum Gasteiger partial charge on any atom is 0.328 e. The van der Waals surface area contributed by atoms with Crippen LogP contribution in [-0.4, -0.2) is 89.1 Å². The van der Waals surface area contributed by atoms with Gasteiger partial charge < -0.3 is 54.8 Å². The Morgan fingerprint density at radius 1 is 0.838 bits per heavy atom. The van der Waals surface area contributed by atoms with Gasteiger partial charge in [-0.05, 0) is 52.0 Å². The number of nitrogens with zero attached hydrogens (tertiary/aromatic N) is 1. The Hall–Kier alpha value is -3.50. The smallest absolute Gasteiger partial charge is 0.328 e. The van der Waals surface area contributed by atoms with Crippen LogP contribution in [0.25, 0.3) is 0 Å². The van der Waals surface area contributed by atoms with E-state index in [1.54, 1.807) is 0 Å². The number of rotatable bonds is 19. The number of nitrogens with one attached hydrogen (secondary N) is 3. The number of unbranched alkanes of at least 4 members (excludes halogenated alkanes) is 1. The van der Waals surface area contributed by atoms with E-state index in [1.165, 1.54) is 6.92 Å². The Kier molecular flexibility index (Phi) is 16.2. The number of hydrogen-bond donors (Lipinski definition) is 10. The number of primary amides is 1. The number of carbonyl (C=O) groups is 5.